The fourth-order valence-electron chi connectivity index (χ4n) is 1.71. The first-order chi connectivity index (χ1) is 9.19. The Morgan fingerprint density at radius 3 is 2.79 bits per heavy atom. The average Bonchev–Trinajstić information content (AvgIpc) is 2.37. The number of aromatic nitrogens is 2. The highest BCUT2D eigenvalue weighted by Gasteiger charge is 2.03. The van der Waals surface area contributed by atoms with Crippen molar-refractivity contribution in [1.29, 1.82) is 0 Å². The molecule has 0 aliphatic heterocycles. The van der Waals surface area contributed by atoms with Crippen molar-refractivity contribution >= 4 is 11.6 Å². The van der Waals surface area contributed by atoms with Gasteiger partial charge in [0.05, 0.1) is 6.61 Å². The number of nitrogens with one attached hydrogen (secondary N) is 1. The van der Waals surface area contributed by atoms with Gasteiger partial charge in [0.25, 0.3) is 0 Å². The number of ether oxygens (including phenoxy) is 1. The summed E-state index contributed by atoms with van der Waals surface area (Å²) in [6.45, 7) is 5.00. The molecule has 0 saturated carbocycles. The van der Waals surface area contributed by atoms with Gasteiger partial charge in [0.2, 0.25) is 11.8 Å². The van der Waals surface area contributed by atoms with Gasteiger partial charge in [0.1, 0.15) is 0 Å². The smallest absolute Gasteiger partial charge is 0.226 e. The first-order valence-electron chi connectivity index (χ1n) is 6.24. The molecule has 0 saturated heterocycles. The van der Waals surface area contributed by atoms with E-state index >= 15 is 0 Å². The van der Waals surface area contributed by atoms with Crippen LogP contribution in [-0.2, 0) is 6.54 Å². The summed E-state index contributed by atoms with van der Waals surface area (Å²) in [5.74, 6) is 1.13. The number of hydrogen-bond acceptors (Lipinski definition) is 5. The van der Waals surface area contributed by atoms with Crippen LogP contribution in [0.15, 0.2) is 30.3 Å². The zero-order valence-electron chi connectivity index (χ0n) is 11.2. The molecule has 5 nitrogen and oxygen atoms in total. The number of nitrogens with zero attached hydrogens (tertiary/aromatic N) is 2. The second-order valence-corrected chi connectivity index (χ2v) is 4.16. The van der Waals surface area contributed by atoms with Crippen LogP contribution in [0.1, 0.15) is 18.2 Å². The van der Waals surface area contributed by atoms with E-state index < -0.39 is 0 Å². The standard InChI is InChI=1S/C14H18N4O/c1-3-19-13-8-10(2)17-14(18-13)16-9-11-6-4-5-7-12(11)15/h4-8H,3,9,15H2,1-2H3,(H,16,17,18). The maximum atomic E-state index is 5.89. The predicted octanol–water partition coefficient (Wildman–Crippen LogP) is 2.38. The molecule has 19 heavy (non-hydrogen) atoms. The fourth-order valence-corrected chi connectivity index (χ4v) is 1.71. The lowest BCUT2D eigenvalue weighted by Crippen LogP contribution is -2.07. The minimum Gasteiger partial charge on any atom is -0.478 e. The zero-order chi connectivity index (χ0) is 13.7. The van der Waals surface area contributed by atoms with Gasteiger partial charge in [-0.1, -0.05) is 18.2 Å². The van der Waals surface area contributed by atoms with E-state index in [2.05, 4.69) is 15.3 Å². The molecule has 0 fully saturated rings. The second-order valence-electron chi connectivity index (χ2n) is 4.16. The predicted molar refractivity (Wildman–Crippen MR) is 76.1 cm³/mol. The highest BCUT2D eigenvalue weighted by Crippen LogP contribution is 2.15. The van der Waals surface area contributed by atoms with Gasteiger partial charge in [0.15, 0.2) is 0 Å². The molecule has 100 valence electrons. The van der Waals surface area contributed by atoms with Crippen LogP contribution in [0.5, 0.6) is 5.88 Å². The summed E-state index contributed by atoms with van der Waals surface area (Å²) < 4.78 is 5.39. The van der Waals surface area contributed by atoms with Gasteiger partial charge in [0, 0.05) is 24.0 Å². The molecule has 0 unspecified atom stereocenters. The molecular weight excluding hydrogens is 240 g/mol. The quantitative estimate of drug-likeness (QED) is 0.805. The second kappa shape index (κ2) is 6.04. The minimum atomic E-state index is 0.548. The van der Waals surface area contributed by atoms with Crippen molar-refractivity contribution in [2.75, 3.05) is 17.7 Å². The van der Waals surface area contributed by atoms with Gasteiger partial charge in [-0.05, 0) is 25.5 Å². The Bertz CT molecular complexity index is 557. The Morgan fingerprint density at radius 2 is 2.05 bits per heavy atom. The molecule has 5 heteroatoms. The third-order valence-corrected chi connectivity index (χ3v) is 2.61. The maximum Gasteiger partial charge on any atom is 0.226 e. The van der Waals surface area contributed by atoms with Gasteiger partial charge in [-0.2, -0.15) is 4.98 Å². The van der Waals surface area contributed by atoms with Gasteiger partial charge in [-0.15, -0.1) is 0 Å². The number of benzene rings is 1. The van der Waals surface area contributed by atoms with Crippen LogP contribution in [0.3, 0.4) is 0 Å². The Morgan fingerprint density at radius 1 is 1.26 bits per heavy atom. The van der Waals surface area contributed by atoms with Crippen molar-refractivity contribution in [2.24, 2.45) is 0 Å². The van der Waals surface area contributed by atoms with Crippen LogP contribution in [0.25, 0.3) is 0 Å². The van der Waals surface area contributed by atoms with Crippen LogP contribution in [0.4, 0.5) is 11.6 Å². The third-order valence-electron chi connectivity index (χ3n) is 2.61. The first kappa shape index (κ1) is 13.1. The Labute approximate surface area is 112 Å². The van der Waals surface area contributed by atoms with Gasteiger partial charge in [-0.25, -0.2) is 4.98 Å². The molecule has 1 aromatic heterocycles. The van der Waals surface area contributed by atoms with E-state index in [1.807, 2.05) is 44.2 Å². The lowest BCUT2D eigenvalue weighted by atomic mass is 10.2. The lowest BCUT2D eigenvalue weighted by Gasteiger charge is -2.09. The molecule has 2 rings (SSSR count). The minimum absolute atomic E-state index is 0.548. The molecule has 3 N–H and O–H groups in total. The molecule has 0 spiro atoms. The maximum absolute atomic E-state index is 5.89. The summed E-state index contributed by atoms with van der Waals surface area (Å²) in [7, 11) is 0. The van der Waals surface area contributed by atoms with E-state index in [0.717, 1.165) is 16.9 Å². The van der Waals surface area contributed by atoms with Crippen molar-refractivity contribution in [3.63, 3.8) is 0 Å². The third kappa shape index (κ3) is 3.58. The van der Waals surface area contributed by atoms with Gasteiger partial charge < -0.3 is 15.8 Å². The highest BCUT2D eigenvalue weighted by atomic mass is 16.5. The van der Waals surface area contributed by atoms with Crippen molar-refractivity contribution in [1.82, 2.24) is 9.97 Å². The summed E-state index contributed by atoms with van der Waals surface area (Å²) in [6.07, 6.45) is 0. The van der Waals surface area contributed by atoms with E-state index in [4.69, 9.17) is 10.5 Å². The normalized spacial score (nSPS) is 10.2. The summed E-state index contributed by atoms with van der Waals surface area (Å²) in [4.78, 5) is 8.60. The number of anilines is 2. The van der Waals surface area contributed by atoms with Crippen LogP contribution >= 0.6 is 0 Å². The average molecular weight is 258 g/mol. The van der Waals surface area contributed by atoms with Gasteiger partial charge >= 0.3 is 0 Å². The summed E-state index contributed by atoms with van der Waals surface area (Å²) in [5, 5.41) is 3.16. The van der Waals surface area contributed by atoms with Crippen molar-refractivity contribution in [2.45, 2.75) is 20.4 Å². The number of rotatable bonds is 5. The number of para-hydroxylation sites is 1. The van der Waals surface area contributed by atoms with E-state index in [0.29, 0.717) is 25.0 Å². The van der Waals surface area contributed by atoms with Crippen molar-refractivity contribution < 1.29 is 4.74 Å². The number of nitrogens with two attached hydrogens (primary N) is 1. The molecule has 0 aliphatic rings. The summed E-state index contributed by atoms with van der Waals surface area (Å²) in [5.41, 5.74) is 8.53. The van der Waals surface area contributed by atoms with Crippen molar-refractivity contribution in [3.05, 3.63) is 41.6 Å². The monoisotopic (exact) mass is 258 g/mol. The van der Waals surface area contributed by atoms with E-state index in [-0.39, 0.29) is 0 Å². The Hall–Kier alpha value is -2.30. The lowest BCUT2D eigenvalue weighted by molar-refractivity contribution is 0.326. The Kier molecular flexibility index (Phi) is 4.18. The summed E-state index contributed by atoms with van der Waals surface area (Å²) >= 11 is 0. The zero-order valence-corrected chi connectivity index (χ0v) is 11.2. The van der Waals surface area contributed by atoms with E-state index in [9.17, 15) is 0 Å². The van der Waals surface area contributed by atoms with E-state index in [1.54, 1.807) is 0 Å². The van der Waals surface area contributed by atoms with Crippen molar-refractivity contribution in [3.8, 4) is 5.88 Å². The topological polar surface area (TPSA) is 73.1 Å². The van der Waals surface area contributed by atoms with Gasteiger partial charge in [-0.3, -0.25) is 0 Å². The number of hydrogen-bond donors (Lipinski definition) is 2. The molecule has 1 aromatic carbocycles. The molecule has 1 heterocycles. The summed E-state index contributed by atoms with van der Waals surface area (Å²) in [6, 6.07) is 9.53. The van der Waals surface area contributed by atoms with Crippen LogP contribution in [-0.4, -0.2) is 16.6 Å². The highest BCUT2D eigenvalue weighted by molar-refractivity contribution is 5.48. The largest absolute Gasteiger partial charge is 0.478 e. The molecular formula is C14H18N4O. The van der Waals surface area contributed by atoms with E-state index in [1.165, 1.54) is 0 Å². The first-order valence-corrected chi connectivity index (χ1v) is 6.24. The molecule has 0 radical (unpaired) electrons. The van der Waals surface area contributed by atoms with Crippen LogP contribution in [0, 0.1) is 6.92 Å². The molecule has 0 aliphatic carbocycles. The number of aryl methyl sites for hydroxylation is 1. The molecule has 0 bridgehead atoms. The molecule has 0 amide bonds. The number of nitrogen functional groups attached to an aromatic ring is 1. The van der Waals surface area contributed by atoms with Crippen LogP contribution < -0.4 is 15.8 Å². The van der Waals surface area contributed by atoms with Crippen LogP contribution in [0.2, 0.25) is 0 Å². The molecule has 0 atom stereocenters. The molecule has 2 aromatic rings. The fraction of sp³-hybridized carbons (Fsp3) is 0.286. The Balaban J connectivity index is 2.09. The SMILES string of the molecule is CCOc1cc(C)nc(NCc2ccccc2N)n1.